The normalized spacial score (nSPS) is 8.85. The summed E-state index contributed by atoms with van der Waals surface area (Å²) in [4.78, 5) is 12.8. The first-order chi connectivity index (χ1) is 6.22. The Labute approximate surface area is 80.5 Å². The van der Waals surface area contributed by atoms with Gasteiger partial charge in [0.1, 0.15) is 0 Å². The minimum absolute atomic E-state index is 0.102. The van der Waals surface area contributed by atoms with E-state index < -0.39 is 0 Å². The fourth-order valence-corrected chi connectivity index (χ4v) is 0.976. The number of nitrogens with zero attached hydrogens (tertiary/aromatic N) is 1. The van der Waals surface area contributed by atoms with Gasteiger partial charge in [-0.05, 0) is 33.4 Å². The highest BCUT2D eigenvalue weighted by Gasteiger charge is 2.04. The maximum atomic E-state index is 11.3. The number of carbonyl (C=O) groups is 1. The molecule has 0 saturated heterocycles. The fraction of sp³-hybridized carbons (Fsp3) is 0.700. The summed E-state index contributed by atoms with van der Waals surface area (Å²) in [6, 6.07) is 2.70. The van der Waals surface area contributed by atoms with Crippen molar-refractivity contribution in [3.8, 4) is 12.0 Å². The van der Waals surface area contributed by atoms with Crippen molar-refractivity contribution in [1.29, 1.82) is 0 Å². The second-order valence-corrected chi connectivity index (χ2v) is 2.88. The van der Waals surface area contributed by atoms with Gasteiger partial charge in [0.2, 0.25) is 5.91 Å². The van der Waals surface area contributed by atoms with Gasteiger partial charge in [0, 0.05) is 19.5 Å². The Kier molecular flexibility index (Phi) is 7.04. The van der Waals surface area contributed by atoms with E-state index in [1.165, 1.54) is 4.90 Å². The molecule has 0 unspecified atom stereocenters. The molecule has 0 radical (unpaired) electrons. The van der Waals surface area contributed by atoms with Gasteiger partial charge in [0.05, 0.1) is 0 Å². The van der Waals surface area contributed by atoms with Gasteiger partial charge in [0.25, 0.3) is 0 Å². The van der Waals surface area contributed by atoms with Crippen molar-refractivity contribution in [1.82, 2.24) is 10.2 Å². The maximum Gasteiger partial charge on any atom is 0.233 e. The zero-order chi connectivity index (χ0) is 10.1. The SMILES string of the molecule is CC#CN(C)C(=O)CCCCNC. The van der Waals surface area contributed by atoms with E-state index in [4.69, 9.17) is 0 Å². The quantitative estimate of drug-likeness (QED) is 0.388. The third-order valence-electron chi connectivity index (χ3n) is 1.72. The molecule has 0 saturated carbocycles. The predicted octanol–water partition coefficient (Wildman–Crippen LogP) is 0.815. The Balaban J connectivity index is 3.54. The van der Waals surface area contributed by atoms with E-state index in [0.717, 1.165) is 19.4 Å². The Hall–Kier alpha value is -1.01. The standard InChI is InChI=1S/C10H18N2O/c1-4-9-12(3)10(13)7-5-6-8-11-2/h11H,5-8H2,1-3H3. The summed E-state index contributed by atoms with van der Waals surface area (Å²) in [5.74, 6) is 2.79. The molecule has 1 N–H and O–H groups in total. The molecule has 74 valence electrons. The van der Waals surface area contributed by atoms with Gasteiger partial charge in [-0.3, -0.25) is 9.69 Å². The Morgan fingerprint density at radius 3 is 2.69 bits per heavy atom. The largest absolute Gasteiger partial charge is 0.320 e. The molecular weight excluding hydrogens is 164 g/mol. The topological polar surface area (TPSA) is 32.3 Å². The van der Waals surface area contributed by atoms with Crippen molar-refractivity contribution in [3.63, 3.8) is 0 Å². The third kappa shape index (κ3) is 6.18. The molecule has 0 atom stereocenters. The number of rotatable bonds is 5. The van der Waals surface area contributed by atoms with Crippen LogP contribution in [0.25, 0.3) is 0 Å². The summed E-state index contributed by atoms with van der Waals surface area (Å²) in [6.45, 7) is 2.70. The minimum Gasteiger partial charge on any atom is -0.320 e. The molecule has 0 aromatic heterocycles. The van der Waals surface area contributed by atoms with Gasteiger partial charge in [-0.2, -0.15) is 0 Å². The summed E-state index contributed by atoms with van der Waals surface area (Å²) in [7, 11) is 3.62. The summed E-state index contributed by atoms with van der Waals surface area (Å²) in [5, 5.41) is 3.04. The molecular formula is C10H18N2O. The highest BCUT2D eigenvalue weighted by molar-refractivity contribution is 5.77. The zero-order valence-corrected chi connectivity index (χ0v) is 8.68. The van der Waals surface area contributed by atoms with Crippen LogP contribution in [-0.4, -0.2) is 31.4 Å². The van der Waals surface area contributed by atoms with Gasteiger partial charge in [0.15, 0.2) is 0 Å². The minimum atomic E-state index is 0.102. The molecule has 3 nitrogen and oxygen atoms in total. The molecule has 0 fully saturated rings. The molecule has 3 heteroatoms. The van der Waals surface area contributed by atoms with Crippen molar-refractivity contribution in [3.05, 3.63) is 0 Å². The van der Waals surface area contributed by atoms with Crippen molar-refractivity contribution in [2.75, 3.05) is 20.6 Å². The molecule has 0 aromatic rings. The van der Waals surface area contributed by atoms with Crippen molar-refractivity contribution in [2.45, 2.75) is 26.2 Å². The smallest absolute Gasteiger partial charge is 0.233 e. The summed E-state index contributed by atoms with van der Waals surface area (Å²) in [6.07, 6.45) is 2.55. The number of hydrogen-bond acceptors (Lipinski definition) is 2. The average molecular weight is 182 g/mol. The number of amides is 1. The van der Waals surface area contributed by atoms with Crippen LogP contribution in [0.1, 0.15) is 26.2 Å². The predicted molar refractivity (Wildman–Crippen MR) is 54.0 cm³/mol. The number of carbonyl (C=O) groups excluding carboxylic acids is 1. The molecule has 0 aliphatic rings. The average Bonchev–Trinajstić information content (AvgIpc) is 2.12. The van der Waals surface area contributed by atoms with Crippen LogP contribution in [0, 0.1) is 12.0 Å². The van der Waals surface area contributed by atoms with E-state index in [0.29, 0.717) is 6.42 Å². The molecule has 0 aromatic carbocycles. The van der Waals surface area contributed by atoms with Crippen LogP contribution < -0.4 is 5.32 Å². The van der Waals surface area contributed by atoms with Crippen LogP contribution in [0.3, 0.4) is 0 Å². The highest BCUT2D eigenvalue weighted by Crippen LogP contribution is 1.97. The molecule has 13 heavy (non-hydrogen) atoms. The Morgan fingerprint density at radius 1 is 1.46 bits per heavy atom. The van der Waals surface area contributed by atoms with Crippen LogP contribution >= 0.6 is 0 Å². The first-order valence-electron chi connectivity index (χ1n) is 4.56. The molecule has 0 heterocycles. The van der Waals surface area contributed by atoms with E-state index in [-0.39, 0.29) is 5.91 Å². The second-order valence-electron chi connectivity index (χ2n) is 2.88. The lowest BCUT2D eigenvalue weighted by atomic mass is 10.2. The van der Waals surface area contributed by atoms with Crippen LogP contribution in [0.15, 0.2) is 0 Å². The van der Waals surface area contributed by atoms with Crippen LogP contribution in [-0.2, 0) is 4.79 Å². The number of hydrogen-bond donors (Lipinski definition) is 1. The van der Waals surface area contributed by atoms with Crippen LogP contribution in [0.2, 0.25) is 0 Å². The maximum absolute atomic E-state index is 11.3. The molecule has 0 spiro atoms. The molecule has 0 rings (SSSR count). The monoisotopic (exact) mass is 182 g/mol. The van der Waals surface area contributed by atoms with E-state index in [9.17, 15) is 4.79 Å². The lowest BCUT2D eigenvalue weighted by Crippen LogP contribution is -2.21. The first-order valence-corrected chi connectivity index (χ1v) is 4.56. The molecule has 0 aliphatic carbocycles. The van der Waals surface area contributed by atoms with Crippen molar-refractivity contribution in [2.24, 2.45) is 0 Å². The molecule has 0 bridgehead atoms. The zero-order valence-electron chi connectivity index (χ0n) is 8.68. The van der Waals surface area contributed by atoms with Crippen LogP contribution in [0.5, 0.6) is 0 Å². The number of unbranched alkanes of at least 4 members (excludes halogenated alkanes) is 1. The summed E-state index contributed by atoms with van der Waals surface area (Å²) >= 11 is 0. The van der Waals surface area contributed by atoms with Gasteiger partial charge >= 0.3 is 0 Å². The van der Waals surface area contributed by atoms with Gasteiger partial charge in [-0.15, -0.1) is 0 Å². The Morgan fingerprint density at radius 2 is 2.15 bits per heavy atom. The van der Waals surface area contributed by atoms with Gasteiger partial charge in [-0.1, -0.05) is 5.92 Å². The number of nitrogens with one attached hydrogen (secondary N) is 1. The second kappa shape index (κ2) is 7.63. The van der Waals surface area contributed by atoms with E-state index in [1.54, 1.807) is 14.0 Å². The Bertz CT molecular complexity index is 203. The summed E-state index contributed by atoms with van der Waals surface area (Å²) < 4.78 is 0. The third-order valence-corrected chi connectivity index (χ3v) is 1.72. The van der Waals surface area contributed by atoms with E-state index in [1.807, 2.05) is 7.05 Å². The highest BCUT2D eigenvalue weighted by atomic mass is 16.2. The lowest BCUT2D eigenvalue weighted by molar-refractivity contribution is -0.127. The van der Waals surface area contributed by atoms with E-state index in [2.05, 4.69) is 17.3 Å². The van der Waals surface area contributed by atoms with E-state index >= 15 is 0 Å². The molecule has 1 amide bonds. The van der Waals surface area contributed by atoms with Gasteiger partial charge in [-0.25, -0.2) is 0 Å². The van der Waals surface area contributed by atoms with Crippen LogP contribution in [0.4, 0.5) is 0 Å². The van der Waals surface area contributed by atoms with Crippen molar-refractivity contribution < 1.29 is 4.79 Å². The first kappa shape index (κ1) is 12.0. The fourth-order valence-electron chi connectivity index (χ4n) is 0.976. The van der Waals surface area contributed by atoms with Crippen molar-refractivity contribution >= 4 is 5.91 Å². The molecule has 0 aliphatic heterocycles. The summed E-state index contributed by atoms with van der Waals surface area (Å²) in [5.41, 5.74) is 0. The van der Waals surface area contributed by atoms with Gasteiger partial charge < -0.3 is 5.32 Å². The lowest BCUT2D eigenvalue weighted by Gasteiger charge is -2.08.